The number of hydrogen-bond donors (Lipinski definition) is 2. The molecule has 0 radical (unpaired) electrons. The van der Waals surface area contributed by atoms with Crippen molar-refractivity contribution in [3.05, 3.63) is 0 Å². The number of nitrogens with one attached hydrogen (secondary N) is 1. The molecule has 7 heteroatoms. The van der Waals surface area contributed by atoms with Gasteiger partial charge in [-0.15, -0.1) is 0 Å². The van der Waals surface area contributed by atoms with Crippen molar-refractivity contribution in [1.29, 1.82) is 0 Å². The maximum Gasteiger partial charge on any atom is 0.312 e. The molecule has 19 heavy (non-hydrogen) atoms. The number of carbonyl (C=O) groups excluding carboxylic acids is 3. The van der Waals surface area contributed by atoms with Gasteiger partial charge in [0.1, 0.15) is 6.54 Å². The molecule has 0 spiro atoms. The number of rotatable bonds is 5. The Morgan fingerprint density at radius 2 is 1.79 bits per heavy atom. The fourth-order valence-corrected chi connectivity index (χ4v) is 1.72. The molecule has 0 aromatic rings. The summed E-state index contributed by atoms with van der Waals surface area (Å²) in [4.78, 5) is 37.8. The zero-order valence-electron chi connectivity index (χ0n) is 11.7. The third-order valence-electron chi connectivity index (χ3n) is 2.85. The van der Waals surface area contributed by atoms with Gasteiger partial charge in [0.05, 0.1) is 0 Å². The molecule has 1 aliphatic rings. The zero-order chi connectivity index (χ0) is 14.6. The van der Waals surface area contributed by atoms with Crippen molar-refractivity contribution in [2.45, 2.75) is 26.3 Å². The molecule has 7 nitrogen and oxygen atoms in total. The quantitative estimate of drug-likeness (QED) is 0.596. The third kappa shape index (κ3) is 4.51. The Hall–Kier alpha value is -1.63. The standard InChI is InChI=1S/C12H22N4O3/c1-4-15-5-6-16(11(19)10(15)18)7-9(17)14-8-12(2,3)13/h4-8,13H2,1-3H3,(H,14,17). The van der Waals surface area contributed by atoms with Crippen molar-refractivity contribution in [3.63, 3.8) is 0 Å². The van der Waals surface area contributed by atoms with Gasteiger partial charge in [-0.2, -0.15) is 0 Å². The van der Waals surface area contributed by atoms with Crippen molar-refractivity contribution >= 4 is 17.7 Å². The van der Waals surface area contributed by atoms with Crippen molar-refractivity contribution in [2.75, 3.05) is 32.7 Å². The Labute approximate surface area is 113 Å². The summed E-state index contributed by atoms with van der Waals surface area (Å²) in [5, 5.41) is 2.65. The van der Waals surface area contributed by atoms with Gasteiger partial charge in [-0.1, -0.05) is 0 Å². The molecular weight excluding hydrogens is 248 g/mol. The summed E-state index contributed by atoms with van der Waals surface area (Å²) in [6.45, 7) is 6.99. The second kappa shape index (κ2) is 6.01. The normalized spacial score (nSPS) is 16.8. The van der Waals surface area contributed by atoms with E-state index in [1.807, 2.05) is 6.92 Å². The molecule has 0 aliphatic carbocycles. The molecule has 108 valence electrons. The molecule has 1 aliphatic heterocycles. The third-order valence-corrected chi connectivity index (χ3v) is 2.85. The van der Waals surface area contributed by atoms with E-state index in [0.717, 1.165) is 0 Å². The molecule has 0 atom stereocenters. The smallest absolute Gasteiger partial charge is 0.312 e. The lowest BCUT2D eigenvalue weighted by molar-refractivity contribution is -0.156. The fraction of sp³-hybridized carbons (Fsp3) is 0.750. The van der Waals surface area contributed by atoms with Gasteiger partial charge in [0.25, 0.3) is 0 Å². The lowest BCUT2D eigenvalue weighted by Crippen LogP contribution is -2.56. The Balaban J connectivity index is 2.48. The van der Waals surface area contributed by atoms with E-state index >= 15 is 0 Å². The first kappa shape index (κ1) is 15.4. The molecule has 1 fully saturated rings. The molecule has 0 bridgehead atoms. The second-order valence-electron chi connectivity index (χ2n) is 5.38. The molecule has 0 aromatic heterocycles. The van der Waals surface area contributed by atoms with Gasteiger partial charge in [0.15, 0.2) is 0 Å². The van der Waals surface area contributed by atoms with Gasteiger partial charge < -0.3 is 20.9 Å². The van der Waals surface area contributed by atoms with Crippen LogP contribution < -0.4 is 11.1 Å². The Morgan fingerprint density at radius 1 is 1.26 bits per heavy atom. The maximum absolute atomic E-state index is 11.8. The van der Waals surface area contributed by atoms with Crippen molar-refractivity contribution in [1.82, 2.24) is 15.1 Å². The van der Waals surface area contributed by atoms with Crippen molar-refractivity contribution in [2.24, 2.45) is 5.73 Å². The van der Waals surface area contributed by atoms with E-state index in [2.05, 4.69) is 5.32 Å². The molecule has 0 unspecified atom stereocenters. The highest BCUT2D eigenvalue weighted by Gasteiger charge is 2.32. The molecule has 1 heterocycles. The predicted molar refractivity (Wildman–Crippen MR) is 70.1 cm³/mol. The van der Waals surface area contributed by atoms with Crippen LogP contribution >= 0.6 is 0 Å². The largest absolute Gasteiger partial charge is 0.353 e. The van der Waals surface area contributed by atoms with Crippen LogP contribution in [0.3, 0.4) is 0 Å². The molecule has 3 amide bonds. The van der Waals surface area contributed by atoms with E-state index in [0.29, 0.717) is 26.2 Å². The molecule has 1 saturated heterocycles. The van der Waals surface area contributed by atoms with E-state index in [9.17, 15) is 14.4 Å². The number of piperazine rings is 1. The Morgan fingerprint density at radius 3 is 2.32 bits per heavy atom. The summed E-state index contributed by atoms with van der Waals surface area (Å²) in [7, 11) is 0. The van der Waals surface area contributed by atoms with E-state index in [-0.39, 0.29) is 12.5 Å². The first-order valence-electron chi connectivity index (χ1n) is 6.38. The highest BCUT2D eigenvalue weighted by atomic mass is 16.2. The molecule has 0 saturated carbocycles. The van der Waals surface area contributed by atoms with Crippen LogP contribution in [0.2, 0.25) is 0 Å². The van der Waals surface area contributed by atoms with E-state index in [1.54, 1.807) is 13.8 Å². The minimum atomic E-state index is -0.616. The lowest BCUT2D eigenvalue weighted by Gasteiger charge is -2.32. The van der Waals surface area contributed by atoms with Gasteiger partial charge >= 0.3 is 11.8 Å². The van der Waals surface area contributed by atoms with Crippen LogP contribution in [0.15, 0.2) is 0 Å². The second-order valence-corrected chi connectivity index (χ2v) is 5.38. The van der Waals surface area contributed by atoms with Gasteiger partial charge in [0, 0.05) is 31.7 Å². The number of carbonyl (C=O) groups is 3. The first-order valence-corrected chi connectivity index (χ1v) is 6.38. The van der Waals surface area contributed by atoms with Gasteiger partial charge in [-0.05, 0) is 20.8 Å². The molecule has 0 aromatic carbocycles. The van der Waals surface area contributed by atoms with Crippen LogP contribution in [0.1, 0.15) is 20.8 Å². The minimum absolute atomic E-state index is 0.0990. The van der Waals surface area contributed by atoms with Gasteiger partial charge in [-0.3, -0.25) is 14.4 Å². The summed E-state index contributed by atoms with van der Waals surface area (Å²) in [5.74, 6) is -1.46. The Kier molecular flexibility index (Phi) is 4.88. The van der Waals surface area contributed by atoms with Crippen LogP contribution in [-0.4, -0.2) is 65.8 Å². The summed E-state index contributed by atoms with van der Waals surface area (Å²) < 4.78 is 0. The van der Waals surface area contributed by atoms with E-state index in [4.69, 9.17) is 5.73 Å². The average molecular weight is 270 g/mol. The van der Waals surface area contributed by atoms with Crippen LogP contribution in [0.25, 0.3) is 0 Å². The number of nitrogens with zero attached hydrogens (tertiary/aromatic N) is 2. The van der Waals surface area contributed by atoms with Crippen molar-refractivity contribution < 1.29 is 14.4 Å². The van der Waals surface area contributed by atoms with Crippen LogP contribution in [0.4, 0.5) is 0 Å². The summed E-state index contributed by atoms with van der Waals surface area (Å²) >= 11 is 0. The average Bonchev–Trinajstić information content (AvgIpc) is 2.32. The Bertz CT molecular complexity index is 376. The van der Waals surface area contributed by atoms with E-state index in [1.165, 1.54) is 9.80 Å². The molecular formula is C12H22N4O3. The number of hydrogen-bond acceptors (Lipinski definition) is 4. The summed E-state index contributed by atoms with van der Waals surface area (Å²) in [5.41, 5.74) is 5.24. The molecule has 3 N–H and O–H groups in total. The van der Waals surface area contributed by atoms with Gasteiger partial charge in [0.2, 0.25) is 5.91 Å². The highest BCUT2D eigenvalue weighted by Crippen LogP contribution is 2.04. The monoisotopic (exact) mass is 270 g/mol. The van der Waals surface area contributed by atoms with Crippen molar-refractivity contribution in [3.8, 4) is 0 Å². The number of nitrogens with two attached hydrogens (primary N) is 1. The lowest BCUT2D eigenvalue weighted by atomic mass is 10.1. The minimum Gasteiger partial charge on any atom is -0.353 e. The SMILES string of the molecule is CCN1CCN(CC(=O)NCC(C)(C)N)C(=O)C1=O. The zero-order valence-corrected chi connectivity index (χ0v) is 11.7. The number of likely N-dealkylation sites (N-methyl/N-ethyl adjacent to an activating group) is 1. The van der Waals surface area contributed by atoms with Gasteiger partial charge in [-0.25, -0.2) is 0 Å². The topological polar surface area (TPSA) is 95.7 Å². The summed E-state index contributed by atoms with van der Waals surface area (Å²) in [6, 6.07) is 0. The highest BCUT2D eigenvalue weighted by molar-refractivity contribution is 6.35. The molecule has 1 rings (SSSR count). The van der Waals surface area contributed by atoms with Crippen LogP contribution in [0.5, 0.6) is 0 Å². The predicted octanol–water partition coefficient (Wildman–Crippen LogP) is -1.47. The van der Waals surface area contributed by atoms with Crippen LogP contribution in [-0.2, 0) is 14.4 Å². The van der Waals surface area contributed by atoms with E-state index < -0.39 is 17.4 Å². The first-order chi connectivity index (χ1) is 8.74. The maximum atomic E-state index is 11.8. The fourth-order valence-electron chi connectivity index (χ4n) is 1.72. The number of amides is 3. The summed E-state index contributed by atoms with van der Waals surface area (Å²) in [6.07, 6.45) is 0. The van der Waals surface area contributed by atoms with Crippen LogP contribution in [0, 0.1) is 0 Å².